The minimum absolute atomic E-state index is 0.180. The smallest absolute Gasteiger partial charge is 0.354 e. The number of rotatable bonds is 7. The molecule has 1 atom stereocenters. The average molecular weight is 398 g/mol. The first-order chi connectivity index (χ1) is 13.9. The number of aromatic nitrogens is 2. The Labute approximate surface area is 171 Å². The van der Waals surface area contributed by atoms with Crippen LogP contribution in [0.4, 0.5) is 5.82 Å². The zero-order chi connectivity index (χ0) is 20.6. The third kappa shape index (κ3) is 4.08. The maximum absolute atomic E-state index is 12.0. The van der Waals surface area contributed by atoms with Gasteiger partial charge in [-0.15, -0.1) is 0 Å². The number of nitrogens with zero attached hydrogens (tertiary/aromatic N) is 3. The highest BCUT2D eigenvalue weighted by Crippen LogP contribution is 2.56. The van der Waals surface area contributed by atoms with Gasteiger partial charge in [0.25, 0.3) is 0 Å². The molecule has 0 bridgehead atoms. The molecule has 0 amide bonds. The second-order valence-electron chi connectivity index (χ2n) is 8.92. The van der Waals surface area contributed by atoms with Crippen molar-refractivity contribution in [3.8, 4) is 5.69 Å². The second kappa shape index (κ2) is 7.89. The van der Waals surface area contributed by atoms with Crippen molar-refractivity contribution in [3.63, 3.8) is 0 Å². The quantitative estimate of drug-likeness (QED) is 0.650. The van der Waals surface area contributed by atoms with E-state index in [2.05, 4.69) is 28.9 Å². The third-order valence-electron chi connectivity index (χ3n) is 6.69. The van der Waals surface area contributed by atoms with Crippen LogP contribution in [0.5, 0.6) is 0 Å². The van der Waals surface area contributed by atoms with Gasteiger partial charge in [-0.05, 0) is 68.2 Å². The molecule has 0 saturated heterocycles. The summed E-state index contributed by atoms with van der Waals surface area (Å²) in [5, 5.41) is 9.56. The largest absolute Gasteiger partial charge is 0.395 e. The molecular formula is C22H31N5O2. The molecule has 0 aliphatic heterocycles. The molecule has 0 radical (unpaired) electrons. The maximum atomic E-state index is 12.0. The van der Waals surface area contributed by atoms with Crippen LogP contribution >= 0.6 is 0 Å². The van der Waals surface area contributed by atoms with Crippen molar-refractivity contribution in [2.75, 3.05) is 18.9 Å². The first-order valence-corrected chi connectivity index (χ1v) is 10.5. The molecule has 156 valence electrons. The van der Waals surface area contributed by atoms with Crippen molar-refractivity contribution in [2.45, 2.75) is 57.2 Å². The van der Waals surface area contributed by atoms with Crippen molar-refractivity contribution in [3.05, 3.63) is 52.6 Å². The highest BCUT2D eigenvalue weighted by atomic mass is 16.3. The number of hydrogen-bond donors (Lipinski definition) is 3. The minimum Gasteiger partial charge on any atom is -0.395 e. The van der Waals surface area contributed by atoms with Crippen LogP contribution in [-0.4, -0.2) is 50.8 Å². The van der Waals surface area contributed by atoms with Crippen LogP contribution in [0.1, 0.15) is 38.2 Å². The molecule has 2 aliphatic rings. The fraction of sp³-hybridized carbons (Fsp3) is 0.545. The summed E-state index contributed by atoms with van der Waals surface area (Å²) in [4.78, 5) is 18.2. The molecule has 29 heavy (non-hydrogen) atoms. The summed E-state index contributed by atoms with van der Waals surface area (Å²) in [5.74, 6) is 0.224. The number of anilines is 1. The van der Waals surface area contributed by atoms with E-state index in [1.54, 1.807) is 12.3 Å². The van der Waals surface area contributed by atoms with Crippen LogP contribution in [0.2, 0.25) is 0 Å². The van der Waals surface area contributed by atoms with Crippen LogP contribution in [0.25, 0.3) is 5.69 Å². The van der Waals surface area contributed by atoms with Gasteiger partial charge in [-0.1, -0.05) is 12.1 Å². The molecule has 5 N–H and O–H groups in total. The molecular weight excluding hydrogens is 366 g/mol. The zero-order valence-corrected chi connectivity index (χ0v) is 17.0. The average Bonchev–Trinajstić information content (AvgIpc) is 2.63. The number of aliphatic hydroxyl groups excluding tert-OH is 1. The van der Waals surface area contributed by atoms with E-state index in [4.69, 9.17) is 11.5 Å². The highest BCUT2D eigenvalue weighted by molar-refractivity contribution is 5.36. The van der Waals surface area contributed by atoms with E-state index in [-0.39, 0.29) is 18.1 Å². The summed E-state index contributed by atoms with van der Waals surface area (Å²) in [6.45, 7) is 3.12. The Balaban J connectivity index is 1.40. The van der Waals surface area contributed by atoms with Gasteiger partial charge in [-0.3, -0.25) is 9.47 Å². The van der Waals surface area contributed by atoms with Gasteiger partial charge in [0, 0.05) is 30.9 Å². The van der Waals surface area contributed by atoms with Crippen LogP contribution in [0.3, 0.4) is 0 Å². The van der Waals surface area contributed by atoms with E-state index in [0.29, 0.717) is 30.1 Å². The molecule has 2 fully saturated rings. The van der Waals surface area contributed by atoms with Crippen molar-refractivity contribution in [2.24, 2.45) is 11.1 Å². The van der Waals surface area contributed by atoms with E-state index in [9.17, 15) is 9.90 Å². The normalized spacial score (nSPS) is 26.9. The van der Waals surface area contributed by atoms with Crippen LogP contribution in [0.15, 0.2) is 41.3 Å². The molecule has 1 unspecified atom stereocenters. The fourth-order valence-electron chi connectivity index (χ4n) is 5.30. The van der Waals surface area contributed by atoms with Gasteiger partial charge in [-0.2, -0.15) is 4.98 Å². The molecule has 1 aromatic carbocycles. The van der Waals surface area contributed by atoms with Gasteiger partial charge < -0.3 is 16.6 Å². The van der Waals surface area contributed by atoms with Crippen molar-refractivity contribution >= 4 is 5.82 Å². The number of hydrogen-bond acceptors (Lipinski definition) is 6. The Morgan fingerprint density at radius 2 is 1.93 bits per heavy atom. The van der Waals surface area contributed by atoms with Crippen LogP contribution in [-0.2, 0) is 6.42 Å². The Bertz CT molecular complexity index is 896. The molecule has 7 nitrogen and oxygen atoms in total. The molecule has 1 heterocycles. The predicted molar refractivity (Wildman–Crippen MR) is 114 cm³/mol. The summed E-state index contributed by atoms with van der Waals surface area (Å²) in [7, 11) is 0. The Morgan fingerprint density at radius 1 is 1.24 bits per heavy atom. The summed E-state index contributed by atoms with van der Waals surface area (Å²) < 4.78 is 1.48. The van der Waals surface area contributed by atoms with E-state index in [0.717, 1.165) is 24.9 Å². The summed E-state index contributed by atoms with van der Waals surface area (Å²) >= 11 is 0. The molecule has 1 spiro atoms. The monoisotopic (exact) mass is 397 g/mol. The van der Waals surface area contributed by atoms with Gasteiger partial charge in [0.15, 0.2) is 0 Å². The molecule has 2 saturated carbocycles. The lowest BCUT2D eigenvalue weighted by Gasteiger charge is -2.60. The molecule has 2 aliphatic carbocycles. The van der Waals surface area contributed by atoms with Gasteiger partial charge >= 0.3 is 5.69 Å². The zero-order valence-electron chi connectivity index (χ0n) is 17.0. The first-order valence-electron chi connectivity index (χ1n) is 10.5. The fourth-order valence-corrected chi connectivity index (χ4v) is 5.30. The van der Waals surface area contributed by atoms with Crippen molar-refractivity contribution < 1.29 is 5.11 Å². The topological polar surface area (TPSA) is 110 Å². The lowest BCUT2D eigenvalue weighted by atomic mass is 9.52. The highest BCUT2D eigenvalue weighted by Gasteiger charge is 2.53. The summed E-state index contributed by atoms with van der Waals surface area (Å²) in [5.41, 5.74) is 13.6. The number of nitrogens with two attached hydrogens (primary N) is 2. The standard InChI is InChI=1S/C22H31N5O2/c1-15(26(8-9-28)19-13-22(14-19)11-17(23)12-22)10-16-2-4-18(5-3-16)27-7-6-20(24)25-21(27)29/h2-7,15,17,19,28H,8-14,23H2,1H3,(H2,24,25,29). The first kappa shape index (κ1) is 20.1. The Morgan fingerprint density at radius 3 is 2.52 bits per heavy atom. The summed E-state index contributed by atoms with van der Waals surface area (Å²) in [6.07, 6.45) is 7.27. The lowest BCUT2D eigenvalue weighted by molar-refractivity contribution is -0.0792. The number of aliphatic hydroxyl groups is 1. The number of benzene rings is 1. The third-order valence-corrected chi connectivity index (χ3v) is 6.69. The van der Waals surface area contributed by atoms with E-state index in [1.165, 1.54) is 23.0 Å². The number of nitrogen functional groups attached to an aromatic ring is 1. The Kier molecular flexibility index (Phi) is 5.46. The molecule has 7 heteroatoms. The van der Waals surface area contributed by atoms with Gasteiger partial charge in [-0.25, -0.2) is 4.79 Å². The minimum atomic E-state index is -0.380. The molecule has 1 aromatic heterocycles. The van der Waals surface area contributed by atoms with E-state index >= 15 is 0 Å². The van der Waals surface area contributed by atoms with E-state index < -0.39 is 0 Å². The maximum Gasteiger partial charge on any atom is 0.354 e. The predicted octanol–water partition coefficient (Wildman–Crippen LogP) is 1.31. The molecule has 2 aromatic rings. The second-order valence-corrected chi connectivity index (χ2v) is 8.92. The van der Waals surface area contributed by atoms with Crippen LogP contribution in [0, 0.1) is 5.41 Å². The summed E-state index contributed by atoms with van der Waals surface area (Å²) in [6, 6.07) is 10.9. The lowest BCUT2D eigenvalue weighted by Crippen LogP contribution is -2.61. The Hall–Kier alpha value is -2.22. The van der Waals surface area contributed by atoms with Crippen molar-refractivity contribution in [1.82, 2.24) is 14.5 Å². The van der Waals surface area contributed by atoms with Crippen molar-refractivity contribution in [1.29, 1.82) is 0 Å². The van der Waals surface area contributed by atoms with Gasteiger partial charge in [0.2, 0.25) is 0 Å². The van der Waals surface area contributed by atoms with Crippen LogP contribution < -0.4 is 17.2 Å². The SMILES string of the molecule is CC(Cc1ccc(-n2ccc(N)nc2=O)cc1)N(CCO)C1CC2(CC(N)C2)C1. The van der Waals surface area contributed by atoms with Gasteiger partial charge in [0.1, 0.15) is 5.82 Å². The molecule has 4 rings (SSSR count). The van der Waals surface area contributed by atoms with Gasteiger partial charge in [0.05, 0.1) is 12.3 Å². The van der Waals surface area contributed by atoms with E-state index in [1.807, 2.05) is 12.1 Å².